The van der Waals surface area contributed by atoms with Gasteiger partial charge in [-0.1, -0.05) is 233 Å². The molecule has 0 spiro atoms. The zero-order chi connectivity index (χ0) is 37.7. The number of aliphatic hydroxyl groups excluding tert-OH is 4. The van der Waals surface area contributed by atoms with Crippen LogP contribution in [0.5, 0.6) is 0 Å². The zero-order valence-electron chi connectivity index (χ0n) is 35.2. The maximum atomic E-state index is 11.7. The van der Waals surface area contributed by atoms with Crippen molar-refractivity contribution in [3.05, 3.63) is 0 Å². The Kier molecular flexibility index (Phi) is 36.6. The van der Waals surface area contributed by atoms with Gasteiger partial charge in [0.25, 0.3) is 0 Å². The van der Waals surface area contributed by atoms with Gasteiger partial charge in [0.1, 0.15) is 12.2 Å². The molecule has 0 aliphatic heterocycles. The van der Waals surface area contributed by atoms with Crippen LogP contribution >= 0.6 is 0 Å². The van der Waals surface area contributed by atoms with Crippen molar-refractivity contribution < 1.29 is 25.2 Å². The van der Waals surface area contributed by atoms with E-state index in [1.54, 1.807) is 0 Å². The fourth-order valence-corrected chi connectivity index (χ4v) is 8.23. The molecule has 0 amide bonds. The van der Waals surface area contributed by atoms with E-state index in [0.29, 0.717) is 25.7 Å². The Morgan fingerprint density at radius 3 is 0.667 bits per heavy atom. The van der Waals surface area contributed by atoms with E-state index in [0.717, 1.165) is 51.4 Å². The molecule has 0 aromatic carbocycles. The van der Waals surface area contributed by atoms with Gasteiger partial charge in [0, 0.05) is 0 Å². The number of hydrogen-bond donors (Lipinski definition) is 4. The monoisotopic (exact) mass is 727 g/mol. The normalized spacial score (nSPS) is 13.6. The molecule has 0 aromatic rings. The van der Waals surface area contributed by atoms with Gasteiger partial charge in [-0.15, -0.1) is 0 Å². The van der Waals surface area contributed by atoms with Gasteiger partial charge in [-0.3, -0.25) is 0 Å². The predicted molar refractivity (Wildman–Crippen MR) is 222 cm³/mol. The summed E-state index contributed by atoms with van der Waals surface area (Å²) in [6.45, 7) is 8.36. The van der Waals surface area contributed by atoms with E-state index in [2.05, 4.69) is 27.7 Å². The van der Waals surface area contributed by atoms with Crippen LogP contribution in [0.15, 0.2) is 0 Å². The lowest BCUT2D eigenvalue weighted by atomic mass is 9.79. The van der Waals surface area contributed by atoms with Crippen LogP contribution in [0, 0.1) is 0 Å². The summed E-state index contributed by atoms with van der Waals surface area (Å²) in [6.07, 6.45) is 39.3. The first-order valence-electron chi connectivity index (χ1n) is 23.2. The molecule has 0 aliphatic rings. The van der Waals surface area contributed by atoms with E-state index >= 15 is 0 Å². The van der Waals surface area contributed by atoms with E-state index in [9.17, 15) is 20.4 Å². The molecule has 0 bridgehead atoms. The lowest BCUT2D eigenvalue weighted by Gasteiger charge is -2.48. The summed E-state index contributed by atoms with van der Waals surface area (Å²) in [6, 6.07) is 0. The fourth-order valence-electron chi connectivity index (χ4n) is 8.23. The van der Waals surface area contributed by atoms with E-state index in [1.165, 1.54) is 154 Å². The molecule has 4 N–H and O–H groups in total. The SMILES string of the molecule is CCCCCCCCCCC(CCCCCCCCCC)(OC(CCCCCCCCCC)(CCCCCCCCCC)C(O)CO)C(O)CO. The van der Waals surface area contributed by atoms with Crippen molar-refractivity contribution in [3.63, 3.8) is 0 Å². The van der Waals surface area contributed by atoms with E-state index in [4.69, 9.17) is 4.74 Å². The molecule has 0 saturated carbocycles. The first-order valence-corrected chi connectivity index (χ1v) is 23.2. The molecule has 51 heavy (non-hydrogen) atoms. The summed E-state index contributed by atoms with van der Waals surface area (Å²) < 4.78 is 7.35. The number of aliphatic hydroxyl groups is 4. The Labute approximate surface area is 319 Å². The fraction of sp³-hybridized carbons (Fsp3) is 1.00. The van der Waals surface area contributed by atoms with Crippen LogP contribution in [-0.2, 0) is 4.74 Å². The van der Waals surface area contributed by atoms with Crippen LogP contribution in [0.4, 0.5) is 0 Å². The summed E-state index contributed by atoms with van der Waals surface area (Å²) in [7, 11) is 0. The average Bonchev–Trinajstić information content (AvgIpc) is 3.14. The topological polar surface area (TPSA) is 90.2 Å². The Balaban J connectivity index is 6.02. The van der Waals surface area contributed by atoms with Crippen molar-refractivity contribution in [2.75, 3.05) is 13.2 Å². The van der Waals surface area contributed by atoms with Crippen molar-refractivity contribution in [3.8, 4) is 0 Å². The van der Waals surface area contributed by atoms with Gasteiger partial charge >= 0.3 is 0 Å². The Hall–Kier alpha value is -0.200. The molecule has 5 heteroatoms. The van der Waals surface area contributed by atoms with Gasteiger partial charge in [-0.2, -0.15) is 0 Å². The molecule has 0 saturated heterocycles. The molecular formula is C46H94O5. The smallest absolute Gasteiger partial charge is 0.106 e. The molecule has 0 aliphatic carbocycles. The minimum Gasteiger partial charge on any atom is -0.394 e. The first kappa shape index (κ1) is 50.8. The summed E-state index contributed by atoms with van der Waals surface area (Å²) >= 11 is 0. The third-order valence-electron chi connectivity index (χ3n) is 11.8. The summed E-state index contributed by atoms with van der Waals surface area (Å²) in [5.41, 5.74) is -1.84. The summed E-state index contributed by atoms with van der Waals surface area (Å²) in [5, 5.41) is 44.5. The van der Waals surface area contributed by atoms with Gasteiger partial charge in [-0.25, -0.2) is 0 Å². The van der Waals surface area contributed by atoms with E-state index < -0.39 is 23.4 Å². The Morgan fingerprint density at radius 1 is 0.314 bits per heavy atom. The van der Waals surface area contributed by atoms with Crippen LogP contribution in [0.3, 0.4) is 0 Å². The molecule has 308 valence electrons. The molecule has 0 aromatic heterocycles. The summed E-state index contributed by atoms with van der Waals surface area (Å²) in [5.74, 6) is 0. The van der Waals surface area contributed by atoms with Crippen molar-refractivity contribution in [1.82, 2.24) is 0 Å². The van der Waals surface area contributed by atoms with Gasteiger partial charge in [-0.05, 0) is 25.7 Å². The number of ether oxygens (including phenoxy) is 1. The molecule has 5 nitrogen and oxygen atoms in total. The third-order valence-corrected chi connectivity index (χ3v) is 11.8. The molecule has 0 heterocycles. The minimum atomic E-state index is -1.01. The molecule has 2 unspecified atom stereocenters. The van der Waals surface area contributed by atoms with E-state index in [1.807, 2.05) is 0 Å². The van der Waals surface area contributed by atoms with Gasteiger partial charge in [0.05, 0.1) is 24.4 Å². The van der Waals surface area contributed by atoms with Gasteiger partial charge in [0.2, 0.25) is 0 Å². The van der Waals surface area contributed by atoms with Crippen LogP contribution in [-0.4, -0.2) is 57.0 Å². The molecule has 2 atom stereocenters. The van der Waals surface area contributed by atoms with Crippen LogP contribution in [0.2, 0.25) is 0 Å². The third kappa shape index (κ3) is 26.3. The Bertz CT molecular complexity index is 589. The average molecular weight is 727 g/mol. The van der Waals surface area contributed by atoms with Crippen LogP contribution in [0.1, 0.15) is 259 Å². The predicted octanol–water partition coefficient (Wildman–Crippen LogP) is 13.3. The van der Waals surface area contributed by atoms with Crippen LogP contribution < -0.4 is 0 Å². The summed E-state index contributed by atoms with van der Waals surface area (Å²) in [4.78, 5) is 0. The zero-order valence-corrected chi connectivity index (χ0v) is 35.2. The maximum absolute atomic E-state index is 11.7. The van der Waals surface area contributed by atoms with Crippen molar-refractivity contribution in [1.29, 1.82) is 0 Å². The second-order valence-electron chi connectivity index (χ2n) is 16.5. The van der Waals surface area contributed by atoms with Gasteiger partial charge < -0.3 is 25.2 Å². The maximum Gasteiger partial charge on any atom is 0.106 e. The highest BCUT2D eigenvalue weighted by atomic mass is 16.6. The van der Waals surface area contributed by atoms with E-state index in [-0.39, 0.29) is 13.2 Å². The molecule has 0 fully saturated rings. The first-order chi connectivity index (χ1) is 24.9. The number of rotatable bonds is 42. The van der Waals surface area contributed by atoms with Crippen LogP contribution in [0.25, 0.3) is 0 Å². The highest BCUT2D eigenvalue weighted by molar-refractivity contribution is 4.97. The second-order valence-corrected chi connectivity index (χ2v) is 16.5. The minimum absolute atomic E-state index is 0.338. The second kappa shape index (κ2) is 36.8. The highest BCUT2D eigenvalue weighted by Crippen LogP contribution is 2.41. The van der Waals surface area contributed by atoms with Crippen molar-refractivity contribution in [2.45, 2.75) is 282 Å². The highest BCUT2D eigenvalue weighted by Gasteiger charge is 2.48. The largest absolute Gasteiger partial charge is 0.394 e. The quantitative estimate of drug-likeness (QED) is 0.0470. The number of hydrogen-bond acceptors (Lipinski definition) is 5. The lowest BCUT2D eigenvalue weighted by molar-refractivity contribution is -0.253. The number of unbranched alkanes of at least 4 members (excludes halogenated alkanes) is 28. The molecule has 0 radical (unpaired) electrons. The molecule has 0 rings (SSSR count). The van der Waals surface area contributed by atoms with Gasteiger partial charge in [0.15, 0.2) is 0 Å². The van der Waals surface area contributed by atoms with Crippen molar-refractivity contribution in [2.24, 2.45) is 0 Å². The lowest BCUT2D eigenvalue weighted by Crippen LogP contribution is -2.58. The van der Waals surface area contributed by atoms with Crippen molar-refractivity contribution >= 4 is 0 Å². The standard InChI is InChI=1S/C46H94O5/c1-5-9-13-17-21-25-29-33-37-45(43(49)41-47,38-34-30-26-22-18-14-10-6-2)51-46(44(50)42-48,39-35-31-27-23-19-15-11-7-3)40-36-32-28-24-20-16-12-8-4/h43-44,47-50H,5-42H2,1-4H3. The Morgan fingerprint density at radius 2 is 0.490 bits per heavy atom. The molecular weight excluding hydrogens is 633 g/mol.